The number of hydrogen-bond acceptors (Lipinski definition) is 2. The van der Waals surface area contributed by atoms with Crippen LogP contribution in [0.15, 0.2) is 53.4 Å². The van der Waals surface area contributed by atoms with Crippen molar-refractivity contribution in [3.63, 3.8) is 0 Å². The standard InChI is InChI=1S/C15H12FNS/c16-13-8-9-15(14(17)11-13)18-10-4-7-12-5-2-1-3-6-12/h1-3,5-6,8-9,11H,10,17H2. The largest absolute Gasteiger partial charge is 0.398 e. The van der Waals surface area contributed by atoms with Gasteiger partial charge in [-0.2, -0.15) is 0 Å². The van der Waals surface area contributed by atoms with Crippen LogP contribution in [-0.2, 0) is 0 Å². The van der Waals surface area contributed by atoms with Gasteiger partial charge >= 0.3 is 0 Å². The van der Waals surface area contributed by atoms with E-state index >= 15 is 0 Å². The van der Waals surface area contributed by atoms with E-state index in [0.29, 0.717) is 11.4 Å². The van der Waals surface area contributed by atoms with Crippen LogP contribution in [0.4, 0.5) is 10.1 Å². The third kappa shape index (κ3) is 3.54. The quantitative estimate of drug-likeness (QED) is 0.506. The zero-order valence-corrected chi connectivity index (χ0v) is 10.5. The molecule has 2 rings (SSSR count). The predicted molar refractivity (Wildman–Crippen MR) is 74.9 cm³/mol. The summed E-state index contributed by atoms with van der Waals surface area (Å²) in [5.74, 6) is 6.43. The average Bonchev–Trinajstić information content (AvgIpc) is 2.38. The third-order valence-corrected chi connectivity index (χ3v) is 3.25. The van der Waals surface area contributed by atoms with E-state index < -0.39 is 0 Å². The van der Waals surface area contributed by atoms with Crippen LogP contribution in [0.1, 0.15) is 5.56 Å². The fraction of sp³-hybridized carbons (Fsp3) is 0.0667. The number of rotatable bonds is 2. The lowest BCUT2D eigenvalue weighted by molar-refractivity contribution is 0.627. The van der Waals surface area contributed by atoms with E-state index in [4.69, 9.17) is 5.73 Å². The number of thioether (sulfide) groups is 1. The molecule has 2 N–H and O–H groups in total. The van der Waals surface area contributed by atoms with Crippen LogP contribution in [-0.4, -0.2) is 5.75 Å². The number of benzene rings is 2. The van der Waals surface area contributed by atoms with Crippen LogP contribution >= 0.6 is 11.8 Å². The van der Waals surface area contributed by atoms with Crippen LogP contribution < -0.4 is 5.73 Å². The average molecular weight is 257 g/mol. The molecule has 0 atom stereocenters. The van der Waals surface area contributed by atoms with Crippen molar-refractivity contribution in [1.82, 2.24) is 0 Å². The Morgan fingerprint density at radius 2 is 1.89 bits per heavy atom. The highest BCUT2D eigenvalue weighted by Crippen LogP contribution is 2.24. The fourth-order valence-corrected chi connectivity index (χ4v) is 2.11. The van der Waals surface area contributed by atoms with E-state index in [1.165, 1.54) is 23.9 Å². The molecular weight excluding hydrogens is 245 g/mol. The van der Waals surface area contributed by atoms with Gasteiger partial charge in [-0.3, -0.25) is 0 Å². The first kappa shape index (κ1) is 12.5. The van der Waals surface area contributed by atoms with Crippen molar-refractivity contribution in [2.24, 2.45) is 0 Å². The molecule has 18 heavy (non-hydrogen) atoms. The van der Waals surface area contributed by atoms with Crippen LogP contribution in [0.2, 0.25) is 0 Å². The Kier molecular flexibility index (Phi) is 4.27. The van der Waals surface area contributed by atoms with Crippen molar-refractivity contribution >= 4 is 17.4 Å². The van der Waals surface area contributed by atoms with Crippen molar-refractivity contribution in [1.29, 1.82) is 0 Å². The van der Waals surface area contributed by atoms with Gasteiger partial charge in [0, 0.05) is 16.1 Å². The Hall–Kier alpha value is -1.92. The van der Waals surface area contributed by atoms with Gasteiger partial charge in [-0.15, -0.1) is 11.8 Å². The SMILES string of the molecule is Nc1cc(F)ccc1SCC#Cc1ccccc1. The molecule has 2 aromatic carbocycles. The molecule has 0 aliphatic heterocycles. The van der Waals surface area contributed by atoms with Gasteiger partial charge < -0.3 is 5.73 Å². The molecule has 3 heteroatoms. The minimum absolute atomic E-state index is 0.313. The van der Waals surface area contributed by atoms with E-state index in [1.54, 1.807) is 6.07 Å². The molecule has 0 fully saturated rings. The van der Waals surface area contributed by atoms with Crippen molar-refractivity contribution in [3.8, 4) is 11.8 Å². The lowest BCUT2D eigenvalue weighted by atomic mass is 10.2. The number of anilines is 1. The topological polar surface area (TPSA) is 26.0 Å². The zero-order chi connectivity index (χ0) is 12.8. The van der Waals surface area contributed by atoms with Crippen LogP contribution in [0.5, 0.6) is 0 Å². The maximum absolute atomic E-state index is 12.8. The number of halogens is 1. The second kappa shape index (κ2) is 6.13. The van der Waals surface area contributed by atoms with Gasteiger partial charge in [0.05, 0.1) is 5.75 Å². The lowest BCUT2D eigenvalue weighted by Crippen LogP contribution is -1.90. The predicted octanol–water partition coefficient (Wildman–Crippen LogP) is 3.55. The van der Waals surface area contributed by atoms with Crippen molar-refractivity contribution in [2.75, 3.05) is 11.5 Å². The Labute approximate surface area is 110 Å². The van der Waals surface area contributed by atoms with Crippen LogP contribution in [0, 0.1) is 17.7 Å². The molecule has 0 radical (unpaired) electrons. The smallest absolute Gasteiger partial charge is 0.125 e. The van der Waals surface area contributed by atoms with Gasteiger partial charge in [-0.1, -0.05) is 30.0 Å². The molecule has 0 amide bonds. The summed E-state index contributed by atoms with van der Waals surface area (Å²) in [7, 11) is 0. The molecule has 0 aromatic heterocycles. The fourth-order valence-electron chi connectivity index (χ4n) is 1.42. The van der Waals surface area contributed by atoms with Gasteiger partial charge in [-0.05, 0) is 30.3 Å². The van der Waals surface area contributed by atoms with Gasteiger partial charge in [0.25, 0.3) is 0 Å². The van der Waals surface area contributed by atoms with Gasteiger partial charge in [-0.25, -0.2) is 4.39 Å². The summed E-state index contributed by atoms with van der Waals surface area (Å²) in [6, 6.07) is 14.2. The summed E-state index contributed by atoms with van der Waals surface area (Å²) in [6.07, 6.45) is 0. The Balaban J connectivity index is 1.95. The molecule has 0 aliphatic carbocycles. The second-order valence-electron chi connectivity index (χ2n) is 3.64. The van der Waals surface area contributed by atoms with Crippen molar-refractivity contribution in [3.05, 3.63) is 59.9 Å². The first-order valence-corrected chi connectivity index (χ1v) is 6.46. The Morgan fingerprint density at radius 3 is 2.61 bits per heavy atom. The zero-order valence-electron chi connectivity index (χ0n) is 9.69. The first-order valence-electron chi connectivity index (χ1n) is 5.47. The maximum Gasteiger partial charge on any atom is 0.125 e. The summed E-state index contributed by atoms with van der Waals surface area (Å²) in [6.45, 7) is 0. The molecule has 0 unspecified atom stereocenters. The Bertz CT molecular complexity index is 584. The minimum Gasteiger partial charge on any atom is -0.398 e. The van der Waals surface area contributed by atoms with E-state index in [-0.39, 0.29) is 5.82 Å². The van der Waals surface area contributed by atoms with E-state index in [2.05, 4.69) is 11.8 Å². The molecule has 2 aromatic rings. The molecule has 1 nitrogen and oxygen atoms in total. The molecule has 0 bridgehead atoms. The molecular formula is C15H12FNS. The highest BCUT2D eigenvalue weighted by molar-refractivity contribution is 7.99. The molecule has 0 spiro atoms. The van der Waals surface area contributed by atoms with E-state index in [0.717, 1.165) is 10.5 Å². The lowest BCUT2D eigenvalue weighted by Gasteiger charge is -2.01. The number of nitrogens with two attached hydrogens (primary N) is 1. The maximum atomic E-state index is 12.8. The summed E-state index contributed by atoms with van der Waals surface area (Å²) in [5, 5.41) is 0. The highest BCUT2D eigenvalue weighted by atomic mass is 32.2. The van der Waals surface area contributed by atoms with Gasteiger partial charge in [0.2, 0.25) is 0 Å². The number of nitrogen functional groups attached to an aromatic ring is 1. The van der Waals surface area contributed by atoms with E-state index in [1.807, 2.05) is 30.3 Å². The normalized spacial score (nSPS) is 9.61. The molecule has 0 saturated carbocycles. The van der Waals surface area contributed by atoms with Gasteiger partial charge in [0.1, 0.15) is 5.82 Å². The van der Waals surface area contributed by atoms with Crippen molar-refractivity contribution in [2.45, 2.75) is 4.90 Å². The summed E-state index contributed by atoms with van der Waals surface area (Å²) >= 11 is 1.51. The Morgan fingerprint density at radius 1 is 1.11 bits per heavy atom. The monoisotopic (exact) mass is 257 g/mol. The molecule has 0 saturated heterocycles. The first-order chi connectivity index (χ1) is 8.75. The van der Waals surface area contributed by atoms with Crippen LogP contribution in [0.25, 0.3) is 0 Å². The minimum atomic E-state index is -0.313. The van der Waals surface area contributed by atoms with E-state index in [9.17, 15) is 4.39 Å². The van der Waals surface area contributed by atoms with Crippen molar-refractivity contribution < 1.29 is 4.39 Å². The molecule has 0 heterocycles. The molecule has 0 aliphatic rings. The third-order valence-electron chi connectivity index (χ3n) is 2.28. The highest BCUT2D eigenvalue weighted by Gasteiger charge is 1.99. The van der Waals surface area contributed by atoms with Crippen LogP contribution in [0.3, 0.4) is 0 Å². The van der Waals surface area contributed by atoms with Gasteiger partial charge in [0.15, 0.2) is 0 Å². The second-order valence-corrected chi connectivity index (χ2v) is 4.66. The number of hydrogen-bond donors (Lipinski definition) is 1. The summed E-state index contributed by atoms with van der Waals surface area (Å²) in [4.78, 5) is 0.860. The molecule has 90 valence electrons. The summed E-state index contributed by atoms with van der Waals surface area (Å²) in [5.41, 5.74) is 7.16. The summed E-state index contributed by atoms with van der Waals surface area (Å²) < 4.78 is 12.8.